The number of fused-ring (bicyclic) bond motifs is 1. The molecule has 0 radical (unpaired) electrons. The average Bonchev–Trinajstić information content (AvgIpc) is 3.59. The summed E-state index contributed by atoms with van der Waals surface area (Å²) in [7, 11) is 1.48. The summed E-state index contributed by atoms with van der Waals surface area (Å²) in [5, 5.41) is 34.9. The smallest absolute Gasteiger partial charge is 0.251 e. The standard InChI is InChI=1S/C32H34F2N4O4/c1-17-11-19-12-20(13-23(42-6)27(19)38-37-17)29(39)35-16-32(41,24-15-30(24,2)3)25-14-22(31(4,5)40)26(34)28(36-25)18-7-9-21(33)10-8-18/h7-14,24,40-41H,15-16H2,1-6H3,(H,35,39)/t24?,32-/m0/s1. The number of halogens is 2. The molecule has 1 amide bonds. The average molecular weight is 577 g/mol. The second-order valence-corrected chi connectivity index (χ2v) is 12.2. The number of hydrogen-bond donors (Lipinski definition) is 3. The zero-order valence-corrected chi connectivity index (χ0v) is 24.4. The van der Waals surface area contributed by atoms with Gasteiger partial charge in [0, 0.05) is 28.0 Å². The van der Waals surface area contributed by atoms with Crippen molar-refractivity contribution in [1.29, 1.82) is 0 Å². The van der Waals surface area contributed by atoms with E-state index in [2.05, 4.69) is 20.5 Å². The molecule has 2 atom stereocenters. The topological polar surface area (TPSA) is 117 Å². The van der Waals surface area contributed by atoms with Crippen molar-refractivity contribution in [1.82, 2.24) is 20.5 Å². The molecule has 1 aliphatic carbocycles. The van der Waals surface area contributed by atoms with Crippen molar-refractivity contribution < 1.29 is 28.5 Å². The molecule has 10 heteroatoms. The number of rotatable bonds is 8. The first-order valence-electron chi connectivity index (χ1n) is 13.7. The number of aryl methyl sites for hydroxylation is 1. The van der Waals surface area contributed by atoms with Crippen molar-refractivity contribution in [2.24, 2.45) is 11.3 Å². The number of aromatic nitrogens is 3. The van der Waals surface area contributed by atoms with Gasteiger partial charge in [-0.05, 0) is 81.1 Å². The highest BCUT2D eigenvalue weighted by molar-refractivity contribution is 5.99. The van der Waals surface area contributed by atoms with Crippen molar-refractivity contribution in [2.75, 3.05) is 13.7 Å². The van der Waals surface area contributed by atoms with E-state index < -0.39 is 28.7 Å². The first-order chi connectivity index (χ1) is 19.6. The van der Waals surface area contributed by atoms with E-state index in [1.165, 1.54) is 51.3 Å². The van der Waals surface area contributed by atoms with Gasteiger partial charge >= 0.3 is 0 Å². The van der Waals surface area contributed by atoms with Crippen LogP contribution in [0.1, 0.15) is 61.4 Å². The largest absolute Gasteiger partial charge is 0.494 e. The highest BCUT2D eigenvalue weighted by Gasteiger charge is 2.59. The Labute approximate surface area is 242 Å². The van der Waals surface area contributed by atoms with E-state index in [9.17, 15) is 19.4 Å². The number of amides is 1. The number of methoxy groups -OCH3 is 1. The van der Waals surface area contributed by atoms with Crippen LogP contribution in [0, 0.1) is 29.9 Å². The summed E-state index contributed by atoms with van der Waals surface area (Å²) < 4.78 is 34.9. The molecule has 1 fully saturated rings. The van der Waals surface area contributed by atoms with E-state index in [1.54, 1.807) is 25.1 Å². The summed E-state index contributed by atoms with van der Waals surface area (Å²) in [6, 6.07) is 11.5. The van der Waals surface area contributed by atoms with Crippen LogP contribution in [0.15, 0.2) is 48.5 Å². The van der Waals surface area contributed by atoms with Crippen molar-refractivity contribution in [2.45, 2.75) is 52.2 Å². The molecule has 42 heavy (non-hydrogen) atoms. The molecule has 2 aromatic carbocycles. The molecule has 1 saturated carbocycles. The maximum Gasteiger partial charge on any atom is 0.251 e. The molecule has 1 unspecified atom stereocenters. The fourth-order valence-corrected chi connectivity index (χ4v) is 5.50. The van der Waals surface area contributed by atoms with E-state index >= 15 is 4.39 Å². The van der Waals surface area contributed by atoms with Crippen LogP contribution in [0.3, 0.4) is 0 Å². The molecular weight excluding hydrogens is 542 g/mol. The fraction of sp³-hybridized carbons (Fsp3) is 0.375. The molecule has 0 aliphatic heterocycles. The Morgan fingerprint density at radius 3 is 2.36 bits per heavy atom. The van der Waals surface area contributed by atoms with Gasteiger partial charge in [0.05, 0.1) is 30.6 Å². The molecule has 2 aromatic heterocycles. The van der Waals surface area contributed by atoms with Crippen LogP contribution in [-0.2, 0) is 11.2 Å². The van der Waals surface area contributed by atoms with Gasteiger partial charge in [-0.15, -0.1) is 5.10 Å². The molecule has 4 aromatic rings. The summed E-state index contributed by atoms with van der Waals surface area (Å²) in [5.41, 5.74) is -1.98. The zero-order chi connectivity index (χ0) is 30.6. The zero-order valence-electron chi connectivity index (χ0n) is 24.4. The third-order valence-corrected chi connectivity index (χ3v) is 8.05. The van der Waals surface area contributed by atoms with Crippen LogP contribution < -0.4 is 10.1 Å². The molecule has 8 nitrogen and oxygen atoms in total. The number of benzene rings is 2. The van der Waals surface area contributed by atoms with Crippen LogP contribution in [0.5, 0.6) is 5.75 Å². The number of hydrogen-bond acceptors (Lipinski definition) is 7. The predicted octanol–water partition coefficient (Wildman–Crippen LogP) is 5.18. The van der Waals surface area contributed by atoms with Gasteiger partial charge in [-0.3, -0.25) is 4.79 Å². The van der Waals surface area contributed by atoms with E-state index in [0.29, 0.717) is 34.3 Å². The highest BCUT2D eigenvalue weighted by atomic mass is 19.1. The Morgan fingerprint density at radius 1 is 1.10 bits per heavy atom. The van der Waals surface area contributed by atoms with E-state index in [-0.39, 0.29) is 40.4 Å². The second kappa shape index (κ2) is 10.4. The highest BCUT2D eigenvalue weighted by Crippen LogP contribution is 2.60. The summed E-state index contributed by atoms with van der Waals surface area (Å²) in [4.78, 5) is 18.0. The molecule has 0 saturated heterocycles. The Bertz CT molecular complexity index is 1690. The van der Waals surface area contributed by atoms with Crippen LogP contribution in [0.4, 0.5) is 8.78 Å². The Morgan fingerprint density at radius 2 is 1.76 bits per heavy atom. The van der Waals surface area contributed by atoms with Crippen LogP contribution in [0.25, 0.3) is 22.2 Å². The molecule has 0 spiro atoms. The summed E-state index contributed by atoms with van der Waals surface area (Å²) in [6.45, 7) is 8.41. The minimum Gasteiger partial charge on any atom is -0.494 e. The lowest BCUT2D eigenvalue weighted by Crippen LogP contribution is -2.44. The van der Waals surface area contributed by atoms with Gasteiger partial charge in [0.25, 0.3) is 5.91 Å². The van der Waals surface area contributed by atoms with Gasteiger partial charge in [0.2, 0.25) is 0 Å². The van der Waals surface area contributed by atoms with E-state index in [0.717, 1.165) is 0 Å². The van der Waals surface area contributed by atoms with Crippen LogP contribution in [-0.4, -0.2) is 45.0 Å². The molecule has 0 bridgehead atoms. The second-order valence-electron chi connectivity index (χ2n) is 12.2. The van der Waals surface area contributed by atoms with Gasteiger partial charge in [-0.1, -0.05) is 13.8 Å². The lowest BCUT2D eigenvalue weighted by molar-refractivity contribution is -0.00200. The Balaban J connectivity index is 1.57. The first-order valence-corrected chi connectivity index (χ1v) is 13.7. The Hall–Kier alpha value is -4.02. The lowest BCUT2D eigenvalue weighted by Gasteiger charge is -2.32. The molecule has 220 valence electrons. The number of nitrogens with one attached hydrogen (secondary N) is 1. The van der Waals surface area contributed by atoms with Gasteiger partial charge < -0.3 is 20.3 Å². The van der Waals surface area contributed by atoms with E-state index in [1.807, 2.05) is 13.8 Å². The predicted molar refractivity (Wildman–Crippen MR) is 154 cm³/mol. The monoisotopic (exact) mass is 576 g/mol. The van der Waals surface area contributed by atoms with Gasteiger partial charge in [0.15, 0.2) is 5.82 Å². The minimum atomic E-state index is -1.72. The number of pyridine rings is 1. The van der Waals surface area contributed by atoms with Crippen LogP contribution >= 0.6 is 0 Å². The third-order valence-electron chi connectivity index (χ3n) is 8.05. The van der Waals surface area contributed by atoms with Gasteiger partial charge in [-0.25, -0.2) is 13.8 Å². The number of carbonyl (C=O) groups excluding carboxylic acids is 1. The molecule has 3 N–H and O–H groups in total. The molecule has 5 rings (SSSR count). The Kier molecular flexibility index (Phi) is 7.27. The van der Waals surface area contributed by atoms with Gasteiger partial charge in [-0.2, -0.15) is 5.10 Å². The summed E-state index contributed by atoms with van der Waals surface area (Å²) >= 11 is 0. The fourth-order valence-electron chi connectivity index (χ4n) is 5.50. The maximum absolute atomic E-state index is 15.8. The number of carbonyl (C=O) groups is 1. The summed E-state index contributed by atoms with van der Waals surface area (Å²) in [5.74, 6) is -1.69. The minimum absolute atomic E-state index is 0.0780. The first kappa shape index (κ1) is 29.5. The number of nitrogens with zero attached hydrogens (tertiary/aromatic N) is 3. The number of ether oxygens (including phenoxy) is 1. The molecule has 2 heterocycles. The normalized spacial score (nSPS) is 17.5. The van der Waals surface area contributed by atoms with Crippen molar-refractivity contribution >= 4 is 16.8 Å². The number of aliphatic hydroxyl groups is 2. The molecular formula is C32H34F2N4O4. The van der Waals surface area contributed by atoms with Crippen molar-refractivity contribution in [3.63, 3.8) is 0 Å². The third kappa shape index (κ3) is 5.44. The van der Waals surface area contributed by atoms with Gasteiger partial charge in [0.1, 0.15) is 28.4 Å². The lowest BCUT2D eigenvalue weighted by atomic mass is 9.85. The van der Waals surface area contributed by atoms with Crippen molar-refractivity contribution in [3.05, 3.63) is 82.7 Å². The van der Waals surface area contributed by atoms with Crippen molar-refractivity contribution in [3.8, 4) is 17.0 Å². The maximum atomic E-state index is 15.8. The quantitative estimate of drug-likeness (QED) is 0.265. The SMILES string of the molecule is COc1cc(C(=O)NC[C@@](O)(c2cc(C(C)(C)O)c(F)c(-c3ccc(F)cc3)n2)C2CC2(C)C)cc2cc(C)nnc12. The summed E-state index contributed by atoms with van der Waals surface area (Å²) in [6.07, 6.45) is 0.629. The van der Waals surface area contributed by atoms with E-state index in [4.69, 9.17) is 4.74 Å². The molecule has 1 aliphatic rings. The van der Waals surface area contributed by atoms with Crippen LogP contribution in [0.2, 0.25) is 0 Å².